The van der Waals surface area contributed by atoms with Crippen molar-refractivity contribution in [3.8, 4) is 0 Å². The molecule has 0 saturated carbocycles. The predicted octanol–water partition coefficient (Wildman–Crippen LogP) is -0.126. The summed E-state index contributed by atoms with van der Waals surface area (Å²) in [5.74, 6) is 0.160. The number of carbonyl (C=O) groups is 1. The summed E-state index contributed by atoms with van der Waals surface area (Å²) in [6.07, 6.45) is 2.09. The quantitative estimate of drug-likeness (QED) is 0.564. The molecule has 1 aliphatic heterocycles. The lowest BCUT2D eigenvalue weighted by atomic mass is 10.1. The minimum absolute atomic E-state index is 0.0683. The Morgan fingerprint density at radius 1 is 1.80 bits per heavy atom. The molecule has 58 valence electrons. The molecule has 3 heteroatoms. The molecule has 1 amide bonds. The fourth-order valence-electron chi connectivity index (χ4n) is 1.21. The van der Waals surface area contributed by atoms with Crippen molar-refractivity contribution in [3.05, 3.63) is 0 Å². The summed E-state index contributed by atoms with van der Waals surface area (Å²) in [4.78, 5) is 11.0. The zero-order valence-corrected chi connectivity index (χ0v) is 6.31. The summed E-state index contributed by atoms with van der Waals surface area (Å²) in [6.45, 7) is 3.74. The molecule has 1 saturated heterocycles. The normalized spacial score (nSPS) is 26.1. The first-order chi connectivity index (χ1) is 4.84. The highest BCUT2D eigenvalue weighted by Gasteiger charge is 2.19. The van der Waals surface area contributed by atoms with E-state index in [1.165, 1.54) is 0 Å². The van der Waals surface area contributed by atoms with Crippen LogP contribution < -0.4 is 10.6 Å². The van der Waals surface area contributed by atoms with E-state index < -0.39 is 0 Å². The number of amides is 1. The van der Waals surface area contributed by atoms with Crippen LogP contribution in [0.15, 0.2) is 0 Å². The molecule has 0 aromatic carbocycles. The number of likely N-dealkylation sites (N-methyl/N-ethyl adjacent to an activating group) is 1. The minimum atomic E-state index is 0.0683. The first kappa shape index (κ1) is 7.54. The van der Waals surface area contributed by atoms with E-state index in [2.05, 4.69) is 10.6 Å². The van der Waals surface area contributed by atoms with E-state index in [0.29, 0.717) is 0 Å². The van der Waals surface area contributed by atoms with E-state index in [9.17, 15) is 4.79 Å². The van der Waals surface area contributed by atoms with Crippen molar-refractivity contribution >= 4 is 5.91 Å². The monoisotopic (exact) mass is 142 g/mol. The van der Waals surface area contributed by atoms with Gasteiger partial charge in [-0.2, -0.15) is 0 Å². The van der Waals surface area contributed by atoms with Crippen LogP contribution in [0.5, 0.6) is 0 Å². The lowest BCUT2D eigenvalue weighted by Gasteiger charge is -2.21. The summed E-state index contributed by atoms with van der Waals surface area (Å²) >= 11 is 0. The van der Waals surface area contributed by atoms with Crippen LogP contribution >= 0.6 is 0 Å². The highest BCUT2D eigenvalue weighted by Crippen LogP contribution is 2.01. The van der Waals surface area contributed by atoms with Crippen molar-refractivity contribution in [1.29, 1.82) is 0 Å². The van der Waals surface area contributed by atoms with Gasteiger partial charge in [0.15, 0.2) is 0 Å². The number of nitrogens with one attached hydrogen (secondary N) is 2. The molecule has 0 aliphatic carbocycles. The summed E-state index contributed by atoms with van der Waals surface area (Å²) in [5.41, 5.74) is 0. The van der Waals surface area contributed by atoms with Crippen molar-refractivity contribution in [2.75, 3.05) is 13.1 Å². The number of piperidine rings is 1. The van der Waals surface area contributed by atoms with Crippen LogP contribution in [0.2, 0.25) is 0 Å². The molecule has 1 fully saturated rings. The minimum Gasteiger partial charge on any atom is -0.355 e. The maximum Gasteiger partial charge on any atom is 0.237 e. The van der Waals surface area contributed by atoms with Gasteiger partial charge in [-0.05, 0) is 19.4 Å². The van der Waals surface area contributed by atoms with Gasteiger partial charge in [0.2, 0.25) is 5.91 Å². The van der Waals surface area contributed by atoms with E-state index in [1.54, 1.807) is 0 Å². The molecule has 0 radical (unpaired) electrons. The number of rotatable bonds is 2. The third kappa shape index (κ3) is 1.70. The van der Waals surface area contributed by atoms with Gasteiger partial charge in [0, 0.05) is 6.54 Å². The maximum absolute atomic E-state index is 11.0. The second-order valence-electron chi connectivity index (χ2n) is 2.54. The Kier molecular flexibility index (Phi) is 2.68. The summed E-state index contributed by atoms with van der Waals surface area (Å²) in [7, 11) is 0. The van der Waals surface area contributed by atoms with Crippen molar-refractivity contribution < 1.29 is 4.79 Å². The molecule has 10 heavy (non-hydrogen) atoms. The number of carbonyl (C=O) groups excluding carboxylic acids is 1. The maximum atomic E-state index is 11.0. The van der Waals surface area contributed by atoms with Gasteiger partial charge in [-0.15, -0.1) is 0 Å². The van der Waals surface area contributed by atoms with Gasteiger partial charge in [-0.25, -0.2) is 0 Å². The van der Waals surface area contributed by atoms with E-state index in [4.69, 9.17) is 0 Å². The smallest absolute Gasteiger partial charge is 0.237 e. The fraction of sp³-hybridized carbons (Fsp3) is 0.857. The molecule has 3 nitrogen and oxygen atoms in total. The van der Waals surface area contributed by atoms with E-state index in [-0.39, 0.29) is 11.9 Å². The zero-order chi connectivity index (χ0) is 7.40. The van der Waals surface area contributed by atoms with Crippen LogP contribution in [0, 0.1) is 0 Å². The van der Waals surface area contributed by atoms with E-state index >= 15 is 0 Å². The molecule has 2 N–H and O–H groups in total. The Morgan fingerprint density at radius 3 is 3.20 bits per heavy atom. The first-order valence-corrected chi connectivity index (χ1v) is 3.85. The van der Waals surface area contributed by atoms with Crippen LogP contribution in [-0.4, -0.2) is 25.0 Å². The van der Waals surface area contributed by atoms with Crippen LogP contribution in [0.4, 0.5) is 0 Å². The summed E-state index contributed by atoms with van der Waals surface area (Å²) in [5, 5.41) is 5.94. The lowest BCUT2D eigenvalue weighted by Crippen LogP contribution is -2.48. The van der Waals surface area contributed by atoms with Crippen LogP contribution in [0.25, 0.3) is 0 Å². The van der Waals surface area contributed by atoms with E-state index in [1.807, 2.05) is 6.92 Å². The van der Waals surface area contributed by atoms with Crippen molar-refractivity contribution in [2.45, 2.75) is 25.8 Å². The topological polar surface area (TPSA) is 41.1 Å². The molecule has 1 heterocycles. The molecule has 0 spiro atoms. The Bertz CT molecular complexity index is 123. The zero-order valence-electron chi connectivity index (χ0n) is 6.31. The average Bonchev–Trinajstić information content (AvgIpc) is 1.94. The van der Waals surface area contributed by atoms with Crippen LogP contribution in [-0.2, 0) is 4.79 Å². The van der Waals surface area contributed by atoms with Gasteiger partial charge in [-0.3, -0.25) is 4.79 Å². The Morgan fingerprint density at radius 2 is 2.60 bits per heavy atom. The number of hydrogen-bond acceptors (Lipinski definition) is 2. The van der Waals surface area contributed by atoms with Gasteiger partial charge in [0.05, 0.1) is 6.04 Å². The second kappa shape index (κ2) is 3.56. The Hall–Kier alpha value is -0.570. The number of hydrogen-bond donors (Lipinski definition) is 2. The molecule has 1 aliphatic rings. The largest absolute Gasteiger partial charge is 0.355 e. The van der Waals surface area contributed by atoms with Crippen molar-refractivity contribution in [2.24, 2.45) is 0 Å². The molecule has 1 rings (SSSR count). The third-order valence-corrected chi connectivity index (χ3v) is 1.74. The first-order valence-electron chi connectivity index (χ1n) is 3.85. The highest BCUT2D eigenvalue weighted by molar-refractivity contribution is 5.82. The SMILES string of the molecule is CCN[C@H]1CCCNC1=O. The van der Waals surface area contributed by atoms with Crippen molar-refractivity contribution in [1.82, 2.24) is 10.6 Å². The van der Waals surface area contributed by atoms with Crippen molar-refractivity contribution in [3.63, 3.8) is 0 Å². The molecule has 0 aromatic heterocycles. The van der Waals surface area contributed by atoms with Gasteiger partial charge in [0.25, 0.3) is 0 Å². The molecule has 0 aromatic rings. The van der Waals surface area contributed by atoms with Crippen LogP contribution in [0.1, 0.15) is 19.8 Å². The molecule has 0 unspecified atom stereocenters. The molecule has 0 bridgehead atoms. The highest BCUT2D eigenvalue weighted by atomic mass is 16.2. The molecule has 1 atom stereocenters. The summed E-state index contributed by atoms with van der Waals surface area (Å²) < 4.78 is 0. The van der Waals surface area contributed by atoms with E-state index in [0.717, 1.165) is 25.9 Å². The summed E-state index contributed by atoms with van der Waals surface area (Å²) in [6, 6.07) is 0.0683. The second-order valence-corrected chi connectivity index (χ2v) is 2.54. The molecular formula is C7H14N2O. The Balaban J connectivity index is 2.32. The van der Waals surface area contributed by atoms with Gasteiger partial charge < -0.3 is 10.6 Å². The van der Waals surface area contributed by atoms with Gasteiger partial charge in [0.1, 0.15) is 0 Å². The Labute approximate surface area is 61.2 Å². The third-order valence-electron chi connectivity index (χ3n) is 1.74. The fourth-order valence-corrected chi connectivity index (χ4v) is 1.21. The lowest BCUT2D eigenvalue weighted by molar-refractivity contribution is -0.124. The van der Waals surface area contributed by atoms with Gasteiger partial charge in [-0.1, -0.05) is 6.92 Å². The van der Waals surface area contributed by atoms with Crippen LogP contribution in [0.3, 0.4) is 0 Å². The van der Waals surface area contributed by atoms with Gasteiger partial charge >= 0.3 is 0 Å². The molecular weight excluding hydrogens is 128 g/mol. The standard InChI is InChI=1S/C7H14N2O/c1-2-8-6-4-3-5-9-7(6)10/h6,8H,2-5H2,1H3,(H,9,10)/t6-/m0/s1. The predicted molar refractivity (Wildman–Crippen MR) is 39.7 cm³/mol. The average molecular weight is 142 g/mol.